The number of amides is 1. The van der Waals surface area contributed by atoms with Crippen LogP contribution in [0.15, 0.2) is 24.7 Å². The molecule has 8 heteroatoms. The molecule has 23 heavy (non-hydrogen) atoms. The monoisotopic (exact) mass is 315 g/mol. The van der Waals surface area contributed by atoms with Crippen LogP contribution in [0.4, 0.5) is 5.82 Å². The molecule has 2 aromatic rings. The quantitative estimate of drug-likeness (QED) is 0.870. The summed E-state index contributed by atoms with van der Waals surface area (Å²) in [6, 6.07) is 4.04. The van der Waals surface area contributed by atoms with Crippen LogP contribution in [0.1, 0.15) is 25.3 Å². The number of aromatic nitrogens is 5. The summed E-state index contributed by atoms with van der Waals surface area (Å²) in [5, 5.41) is 13.5. The Morgan fingerprint density at radius 1 is 1.35 bits per heavy atom. The molecule has 8 nitrogen and oxygen atoms in total. The number of nitrogens with zero attached hydrogens (tertiary/aromatic N) is 6. The average Bonchev–Trinajstić information content (AvgIpc) is 3.07. The van der Waals surface area contributed by atoms with Crippen molar-refractivity contribution < 1.29 is 4.79 Å². The Balaban J connectivity index is 1.48. The number of pyridine rings is 1. The number of piperidine rings is 1. The molecule has 3 rings (SSSR count). The number of nitrogens with one attached hydrogen (secondary N) is 1. The smallest absolute Gasteiger partial charge is 0.242 e. The van der Waals surface area contributed by atoms with Crippen molar-refractivity contribution in [3.8, 4) is 0 Å². The molecule has 122 valence electrons. The van der Waals surface area contributed by atoms with Crippen LogP contribution in [0.25, 0.3) is 0 Å². The molecule has 0 aliphatic carbocycles. The number of hydrogen-bond donors (Lipinski definition) is 1. The molecule has 0 radical (unpaired) electrons. The zero-order valence-corrected chi connectivity index (χ0v) is 13.2. The molecule has 0 atom stereocenters. The second-order valence-electron chi connectivity index (χ2n) is 5.98. The lowest BCUT2D eigenvalue weighted by Crippen LogP contribution is -2.33. The van der Waals surface area contributed by atoms with Crippen LogP contribution in [0.3, 0.4) is 0 Å². The Morgan fingerprint density at radius 3 is 2.83 bits per heavy atom. The van der Waals surface area contributed by atoms with Gasteiger partial charge < -0.3 is 10.2 Å². The van der Waals surface area contributed by atoms with E-state index in [-0.39, 0.29) is 12.5 Å². The minimum atomic E-state index is -0.133. The largest absolute Gasteiger partial charge is 0.357 e. The summed E-state index contributed by atoms with van der Waals surface area (Å²) in [7, 11) is 0. The molecule has 1 aliphatic heterocycles. The van der Waals surface area contributed by atoms with Gasteiger partial charge in [0.25, 0.3) is 0 Å². The average molecular weight is 315 g/mol. The zero-order chi connectivity index (χ0) is 16.1. The molecule has 0 spiro atoms. The van der Waals surface area contributed by atoms with Crippen LogP contribution < -0.4 is 10.2 Å². The van der Waals surface area contributed by atoms with Gasteiger partial charge in [0.1, 0.15) is 18.7 Å². The third kappa shape index (κ3) is 4.24. The topological polar surface area (TPSA) is 88.8 Å². The molecule has 0 aromatic carbocycles. The van der Waals surface area contributed by atoms with Gasteiger partial charge in [-0.2, -0.15) is 0 Å². The Labute approximate surface area is 134 Å². The molecule has 1 fully saturated rings. The highest BCUT2D eigenvalue weighted by molar-refractivity contribution is 5.75. The first-order valence-electron chi connectivity index (χ1n) is 7.88. The van der Waals surface area contributed by atoms with Crippen LogP contribution in [0.5, 0.6) is 0 Å². The lowest BCUT2D eigenvalue weighted by molar-refractivity contribution is -0.122. The van der Waals surface area contributed by atoms with Gasteiger partial charge in [0.15, 0.2) is 0 Å². The van der Waals surface area contributed by atoms with Crippen LogP contribution in [0, 0.1) is 5.92 Å². The maximum absolute atomic E-state index is 11.8. The van der Waals surface area contributed by atoms with E-state index in [9.17, 15) is 4.79 Å². The highest BCUT2D eigenvalue weighted by Gasteiger charge is 2.16. The summed E-state index contributed by atoms with van der Waals surface area (Å²) in [4.78, 5) is 18.6. The fraction of sp³-hybridized carbons (Fsp3) is 0.533. The van der Waals surface area contributed by atoms with E-state index in [4.69, 9.17) is 0 Å². The minimum absolute atomic E-state index is 0.116. The summed E-state index contributed by atoms with van der Waals surface area (Å²) < 4.78 is 1.38. The van der Waals surface area contributed by atoms with Gasteiger partial charge in [0.2, 0.25) is 5.91 Å². The van der Waals surface area contributed by atoms with Crippen LogP contribution in [-0.2, 0) is 17.9 Å². The maximum Gasteiger partial charge on any atom is 0.242 e. The van der Waals surface area contributed by atoms with E-state index in [1.54, 1.807) is 0 Å². The number of carbonyl (C=O) groups excluding carboxylic acids is 1. The molecule has 0 bridgehead atoms. The molecule has 1 amide bonds. The first kappa shape index (κ1) is 15.4. The van der Waals surface area contributed by atoms with E-state index in [0.29, 0.717) is 6.54 Å². The second kappa shape index (κ2) is 7.17. The molecular weight excluding hydrogens is 294 g/mol. The SMILES string of the molecule is CC1CCN(c2ccc(CNC(=O)Cn3cnnn3)cn2)CC1. The number of hydrogen-bond acceptors (Lipinski definition) is 6. The molecular formula is C15H21N7O. The highest BCUT2D eigenvalue weighted by Crippen LogP contribution is 2.21. The lowest BCUT2D eigenvalue weighted by atomic mass is 9.99. The van der Waals surface area contributed by atoms with Crippen molar-refractivity contribution >= 4 is 11.7 Å². The Morgan fingerprint density at radius 2 is 2.17 bits per heavy atom. The van der Waals surface area contributed by atoms with Crippen molar-refractivity contribution in [2.75, 3.05) is 18.0 Å². The fourth-order valence-corrected chi connectivity index (χ4v) is 2.60. The van der Waals surface area contributed by atoms with Gasteiger partial charge in [0.05, 0.1) is 0 Å². The molecule has 0 unspecified atom stereocenters. The summed E-state index contributed by atoms with van der Waals surface area (Å²) in [6.45, 7) is 4.99. The third-order valence-corrected chi connectivity index (χ3v) is 4.10. The molecule has 3 heterocycles. The van der Waals surface area contributed by atoms with Crippen molar-refractivity contribution in [2.45, 2.75) is 32.9 Å². The van der Waals surface area contributed by atoms with Crippen molar-refractivity contribution in [1.29, 1.82) is 0 Å². The summed E-state index contributed by atoms with van der Waals surface area (Å²) in [5.74, 6) is 1.69. The van der Waals surface area contributed by atoms with Crippen molar-refractivity contribution in [3.63, 3.8) is 0 Å². The van der Waals surface area contributed by atoms with Gasteiger partial charge in [-0.15, -0.1) is 5.10 Å². The molecule has 0 saturated carbocycles. The van der Waals surface area contributed by atoms with Gasteiger partial charge in [-0.1, -0.05) is 13.0 Å². The number of rotatable bonds is 5. The summed E-state index contributed by atoms with van der Waals surface area (Å²) >= 11 is 0. The molecule has 1 saturated heterocycles. The Kier molecular flexibility index (Phi) is 4.80. The number of tetrazole rings is 1. The van der Waals surface area contributed by atoms with Crippen molar-refractivity contribution in [3.05, 3.63) is 30.2 Å². The maximum atomic E-state index is 11.8. The summed E-state index contributed by atoms with van der Waals surface area (Å²) in [5.41, 5.74) is 0.976. The lowest BCUT2D eigenvalue weighted by Gasteiger charge is -2.31. The van der Waals surface area contributed by atoms with E-state index in [2.05, 4.69) is 37.6 Å². The van der Waals surface area contributed by atoms with E-state index in [0.717, 1.165) is 30.4 Å². The van der Waals surface area contributed by atoms with Gasteiger partial charge in [-0.05, 0) is 40.8 Å². The normalized spacial score (nSPS) is 15.6. The molecule has 1 N–H and O–H groups in total. The van der Waals surface area contributed by atoms with Crippen molar-refractivity contribution in [2.24, 2.45) is 5.92 Å². The summed E-state index contributed by atoms with van der Waals surface area (Å²) in [6.07, 6.45) is 5.67. The fourth-order valence-electron chi connectivity index (χ4n) is 2.60. The van der Waals surface area contributed by atoms with Crippen LogP contribution in [-0.4, -0.2) is 44.2 Å². The van der Waals surface area contributed by atoms with Gasteiger partial charge in [0, 0.05) is 25.8 Å². The first-order chi connectivity index (χ1) is 11.2. The van der Waals surface area contributed by atoms with E-state index in [1.807, 2.05) is 18.3 Å². The van der Waals surface area contributed by atoms with E-state index >= 15 is 0 Å². The molecule has 1 aliphatic rings. The van der Waals surface area contributed by atoms with E-state index in [1.165, 1.54) is 23.9 Å². The first-order valence-corrected chi connectivity index (χ1v) is 7.88. The van der Waals surface area contributed by atoms with Crippen molar-refractivity contribution in [1.82, 2.24) is 30.5 Å². The minimum Gasteiger partial charge on any atom is -0.357 e. The van der Waals surface area contributed by atoms with Gasteiger partial charge in [-0.25, -0.2) is 9.67 Å². The van der Waals surface area contributed by atoms with E-state index < -0.39 is 0 Å². The van der Waals surface area contributed by atoms with Crippen LogP contribution >= 0.6 is 0 Å². The third-order valence-electron chi connectivity index (χ3n) is 4.10. The predicted octanol–water partition coefficient (Wildman–Crippen LogP) is 0.621. The highest BCUT2D eigenvalue weighted by atomic mass is 16.2. The number of carbonyl (C=O) groups is 1. The standard InChI is InChI=1S/C15H21N7O/c1-12-4-6-21(7-5-12)14-3-2-13(8-16-14)9-17-15(23)10-22-11-18-19-20-22/h2-3,8,11-12H,4-7,9-10H2,1H3,(H,17,23). The predicted molar refractivity (Wildman–Crippen MR) is 84.5 cm³/mol. The van der Waals surface area contributed by atoms with Crippen LogP contribution in [0.2, 0.25) is 0 Å². The Bertz CT molecular complexity index is 618. The van der Waals surface area contributed by atoms with Gasteiger partial charge >= 0.3 is 0 Å². The molecule has 2 aromatic heterocycles. The Hall–Kier alpha value is -2.51. The number of anilines is 1. The second-order valence-corrected chi connectivity index (χ2v) is 5.98. The zero-order valence-electron chi connectivity index (χ0n) is 13.2. The van der Waals surface area contributed by atoms with Gasteiger partial charge in [-0.3, -0.25) is 4.79 Å².